The predicted octanol–water partition coefficient (Wildman–Crippen LogP) is 3.08. The SMILES string of the molecule is CCn1cc(-c2nn(C3CCCCC3)cc2C=O)cn1. The fraction of sp³-hybridized carbons (Fsp3) is 0.533. The quantitative estimate of drug-likeness (QED) is 0.804. The van der Waals surface area contributed by atoms with Crippen molar-refractivity contribution in [2.75, 3.05) is 0 Å². The third-order valence-electron chi connectivity index (χ3n) is 4.07. The van der Waals surface area contributed by atoms with E-state index in [1.165, 1.54) is 19.3 Å². The van der Waals surface area contributed by atoms with Crippen molar-refractivity contribution < 1.29 is 4.79 Å². The van der Waals surface area contributed by atoms with Crippen LogP contribution in [0.2, 0.25) is 0 Å². The van der Waals surface area contributed by atoms with Crippen molar-refractivity contribution in [3.05, 3.63) is 24.2 Å². The second-order valence-corrected chi connectivity index (χ2v) is 5.41. The maximum atomic E-state index is 11.3. The van der Waals surface area contributed by atoms with Crippen LogP contribution in [-0.2, 0) is 6.54 Å². The number of aryl methyl sites for hydroxylation is 1. The fourth-order valence-electron chi connectivity index (χ4n) is 2.91. The Labute approximate surface area is 118 Å². The Kier molecular flexibility index (Phi) is 3.67. The van der Waals surface area contributed by atoms with E-state index in [-0.39, 0.29) is 0 Å². The summed E-state index contributed by atoms with van der Waals surface area (Å²) in [5.74, 6) is 0. The maximum absolute atomic E-state index is 11.3. The second kappa shape index (κ2) is 5.61. The summed E-state index contributed by atoms with van der Waals surface area (Å²) in [6, 6.07) is 0.442. The molecule has 1 aliphatic rings. The van der Waals surface area contributed by atoms with Crippen molar-refractivity contribution >= 4 is 6.29 Å². The Morgan fingerprint density at radius 2 is 2.10 bits per heavy atom. The van der Waals surface area contributed by atoms with Gasteiger partial charge in [-0.2, -0.15) is 10.2 Å². The molecular formula is C15H20N4O. The highest BCUT2D eigenvalue weighted by molar-refractivity contribution is 5.85. The van der Waals surface area contributed by atoms with E-state index in [0.29, 0.717) is 11.6 Å². The minimum absolute atomic E-state index is 0.442. The molecule has 3 rings (SSSR count). The van der Waals surface area contributed by atoms with Crippen LogP contribution in [0.5, 0.6) is 0 Å². The zero-order chi connectivity index (χ0) is 13.9. The summed E-state index contributed by atoms with van der Waals surface area (Å²) in [5.41, 5.74) is 2.33. The lowest BCUT2D eigenvalue weighted by atomic mass is 9.96. The summed E-state index contributed by atoms with van der Waals surface area (Å²) in [5, 5.41) is 8.91. The Morgan fingerprint density at radius 3 is 2.75 bits per heavy atom. The van der Waals surface area contributed by atoms with E-state index in [0.717, 1.165) is 36.9 Å². The number of aromatic nitrogens is 4. The van der Waals surface area contributed by atoms with Crippen LogP contribution in [0, 0.1) is 0 Å². The van der Waals surface area contributed by atoms with Gasteiger partial charge in [0.05, 0.1) is 17.8 Å². The van der Waals surface area contributed by atoms with E-state index >= 15 is 0 Å². The molecule has 5 nitrogen and oxygen atoms in total. The van der Waals surface area contributed by atoms with E-state index in [4.69, 9.17) is 0 Å². The molecule has 2 heterocycles. The van der Waals surface area contributed by atoms with E-state index in [1.54, 1.807) is 6.20 Å². The largest absolute Gasteiger partial charge is 0.298 e. The standard InChI is InChI=1S/C15H20N4O/c1-2-18-9-12(8-16-18)15-13(11-20)10-19(17-15)14-6-4-3-5-7-14/h8-11,14H,2-7H2,1H3. The van der Waals surface area contributed by atoms with Gasteiger partial charge in [-0.15, -0.1) is 0 Å². The number of rotatable bonds is 4. The van der Waals surface area contributed by atoms with Crippen LogP contribution in [-0.4, -0.2) is 25.8 Å². The molecule has 1 fully saturated rings. The second-order valence-electron chi connectivity index (χ2n) is 5.41. The van der Waals surface area contributed by atoms with E-state index in [2.05, 4.69) is 10.2 Å². The Morgan fingerprint density at radius 1 is 1.30 bits per heavy atom. The molecule has 0 aromatic carbocycles. The molecule has 1 aliphatic carbocycles. The summed E-state index contributed by atoms with van der Waals surface area (Å²) in [6.07, 6.45) is 12.7. The maximum Gasteiger partial charge on any atom is 0.153 e. The monoisotopic (exact) mass is 272 g/mol. The highest BCUT2D eigenvalue weighted by atomic mass is 16.1. The average molecular weight is 272 g/mol. The predicted molar refractivity (Wildman–Crippen MR) is 76.6 cm³/mol. The third kappa shape index (κ3) is 2.40. The number of hydrogen-bond donors (Lipinski definition) is 0. The van der Waals surface area contributed by atoms with Crippen molar-refractivity contribution in [3.63, 3.8) is 0 Å². The molecule has 20 heavy (non-hydrogen) atoms. The minimum Gasteiger partial charge on any atom is -0.298 e. The Bertz CT molecular complexity index is 593. The van der Waals surface area contributed by atoms with Gasteiger partial charge in [-0.3, -0.25) is 14.2 Å². The van der Waals surface area contributed by atoms with Crippen molar-refractivity contribution in [1.82, 2.24) is 19.6 Å². The van der Waals surface area contributed by atoms with Gasteiger partial charge in [-0.05, 0) is 19.8 Å². The molecule has 106 valence electrons. The van der Waals surface area contributed by atoms with Gasteiger partial charge in [0, 0.05) is 24.5 Å². The van der Waals surface area contributed by atoms with E-state index < -0.39 is 0 Å². The summed E-state index contributed by atoms with van der Waals surface area (Å²) >= 11 is 0. The molecule has 0 bridgehead atoms. The number of hydrogen-bond acceptors (Lipinski definition) is 3. The molecule has 0 amide bonds. The number of carbonyl (C=O) groups is 1. The molecule has 0 aliphatic heterocycles. The van der Waals surface area contributed by atoms with Crippen LogP contribution in [0.4, 0.5) is 0 Å². The van der Waals surface area contributed by atoms with Gasteiger partial charge >= 0.3 is 0 Å². The van der Waals surface area contributed by atoms with E-state index in [9.17, 15) is 4.79 Å². The zero-order valence-electron chi connectivity index (χ0n) is 11.8. The summed E-state index contributed by atoms with van der Waals surface area (Å²) < 4.78 is 3.84. The van der Waals surface area contributed by atoms with E-state index in [1.807, 2.05) is 28.7 Å². The lowest BCUT2D eigenvalue weighted by Crippen LogP contribution is -2.13. The molecule has 0 saturated heterocycles. The van der Waals surface area contributed by atoms with Crippen LogP contribution in [0.3, 0.4) is 0 Å². The first-order valence-electron chi connectivity index (χ1n) is 7.39. The van der Waals surface area contributed by atoms with Crippen LogP contribution in [0.1, 0.15) is 55.4 Å². The van der Waals surface area contributed by atoms with Gasteiger partial charge in [-0.25, -0.2) is 0 Å². The first-order valence-corrected chi connectivity index (χ1v) is 7.39. The van der Waals surface area contributed by atoms with Gasteiger partial charge in [-0.1, -0.05) is 19.3 Å². The molecule has 2 aromatic rings. The average Bonchev–Trinajstić information content (AvgIpc) is 3.14. The van der Waals surface area contributed by atoms with Crippen LogP contribution >= 0.6 is 0 Å². The normalized spacial score (nSPS) is 16.4. The van der Waals surface area contributed by atoms with Crippen LogP contribution < -0.4 is 0 Å². The lowest BCUT2D eigenvalue weighted by Gasteiger charge is -2.21. The van der Waals surface area contributed by atoms with Gasteiger partial charge in [0.1, 0.15) is 5.69 Å². The molecule has 0 unspecified atom stereocenters. The molecule has 2 aromatic heterocycles. The number of aldehydes is 1. The molecule has 1 saturated carbocycles. The van der Waals surface area contributed by atoms with Crippen LogP contribution in [0.15, 0.2) is 18.6 Å². The van der Waals surface area contributed by atoms with Gasteiger partial charge < -0.3 is 0 Å². The Hall–Kier alpha value is -1.91. The molecule has 0 radical (unpaired) electrons. The molecule has 0 spiro atoms. The highest BCUT2D eigenvalue weighted by Crippen LogP contribution is 2.30. The highest BCUT2D eigenvalue weighted by Gasteiger charge is 2.19. The van der Waals surface area contributed by atoms with Gasteiger partial charge in [0.25, 0.3) is 0 Å². The zero-order valence-corrected chi connectivity index (χ0v) is 11.8. The molecule has 5 heteroatoms. The first-order chi connectivity index (χ1) is 9.81. The van der Waals surface area contributed by atoms with Gasteiger partial charge in [0.15, 0.2) is 6.29 Å². The number of nitrogens with zero attached hydrogens (tertiary/aromatic N) is 4. The molecular weight excluding hydrogens is 252 g/mol. The summed E-state index contributed by atoms with van der Waals surface area (Å²) in [4.78, 5) is 11.3. The lowest BCUT2D eigenvalue weighted by molar-refractivity contribution is 0.112. The van der Waals surface area contributed by atoms with Crippen LogP contribution in [0.25, 0.3) is 11.3 Å². The number of carbonyl (C=O) groups excluding carboxylic acids is 1. The fourth-order valence-corrected chi connectivity index (χ4v) is 2.91. The van der Waals surface area contributed by atoms with Crippen molar-refractivity contribution in [1.29, 1.82) is 0 Å². The third-order valence-corrected chi connectivity index (χ3v) is 4.07. The summed E-state index contributed by atoms with van der Waals surface area (Å²) in [6.45, 7) is 2.86. The van der Waals surface area contributed by atoms with Crippen molar-refractivity contribution in [3.8, 4) is 11.3 Å². The first kappa shape index (κ1) is 13.1. The smallest absolute Gasteiger partial charge is 0.153 e. The van der Waals surface area contributed by atoms with Gasteiger partial charge in [0.2, 0.25) is 0 Å². The minimum atomic E-state index is 0.442. The molecule has 0 N–H and O–H groups in total. The Balaban J connectivity index is 1.93. The summed E-state index contributed by atoms with van der Waals surface area (Å²) in [7, 11) is 0. The molecule has 0 atom stereocenters. The topological polar surface area (TPSA) is 52.7 Å². The van der Waals surface area contributed by atoms with Crippen molar-refractivity contribution in [2.45, 2.75) is 51.6 Å². The van der Waals surface area contributed by atoms with Crippen molar-refractivity contribution in [2.24, 2.45) is 0 Å².